The number of anilines is 1. The average molecular weight is 550 g/mol. The van der Waals surface area contributed by atoms with Crippen LogP contribution in [0, 0.1) is 25.5 Å². The van der Waals surface area contributed by atoms with Gasteiger partial charge in [0.15, 0.2) is 16.8 Å². The summed E-state index contributed by atoms with van der Waals surface area (Å²) in [5.41, 5.74) is 5.05. The second-order valence-corrected chi connectivity index (χ2v) is 10.4. The number of imidazole rings is 1. The number of halogens is 2. The summed E-state index contributed by atoms with van der Waals surface area (Å²) < 4.78 is 35.3. The summed E-state index contributed by atoms with van der Waals surface area (Å²) in [6, 6.07) is 8.85. The molecule has 1 aliphatic rings. The fourth-order valence-electron chi connectivity index (χ4n) is 5.28. The van der Waals surface area contributed by atoms with E-state index in [1.807, 2.05) is 42.0 Å². The molecule has 11 heteroatoms. The second-order valence-electron chi connectivity index (χ2n) is 9.57. The summed E-state index contributed by atoms with van der Waals surface area (Å²) >= 11 is 1.41. The van der Waals surface area contributed by atoms with Gasteiger partial charge in [-0.1, -0.05) is 11.2 Å². The SMILES string of the molecule is Cc1noc(C)c1-c1ccc2c(c1)nc([C@@H]1CCCC(=O)N1c1ccc(F)c(F)c1)n2-c1nc(CCO)cs1. The van der Waals surface area contributed by atoms with Crippen LogP contribution in [-0.4, -0.2) is 37.3 Å². The lowest BCUT2D eigenvalue weighted by atomic mass is 9.99. The minimum atomic E-state index is -1.02. The first-order valence-corrected chi connectivity index (χ1v) is 13.5. The summed E-state index contributed by atoms with van der Waals surface area (Å²) in [5, 5.41) is 16.0. The normalized spacial score (nSPS) is 16.0. The molecule has 1 N–H and O–H groups in total. The van der Waals surface area contributed by atoms with Crippen molar-refractivity contribution >= 4 is 34.0 Å². The number of benzene rings is 2. The maximum absolute atomic E-state index is 14.2. The van der Waals surface area contributed by atoms with Gasteiger partial charge in [-0.25, -0.2) is 18.7 Å². The zero-order chi connectivity index (χ0) is 27.3. The minimum absolute atomic E-state index is 0.0253. The third-order valence-corrected chi connectivity index (χ3v) is 7.90. The molecule has 1 amide bonds. The molecule has 1 atom stereocenters. The van der Waals surface area contributed by atoms with E-state index in [1.165, 1.54) is 22.3 Å². The zero-order valence-electron chi connectivity index (χ0n) is 21.3. The number of hydrogen-bond donors (Lipinski definition) is 1. The van der Waals surface area contributed by atoms with E-state index in [2.05, 4.69) is 5.16 Å². The van der Waals surface area contributed by atoms with Gasteiger partial charge in [0.1, 0.15) is 11.6 Å². The number of carbonyl (C=O) groups is 1. The number of hydrogen-bond acceptors (Lipinski definition) is 7. The number of fused-ring (bicyclic) bond motifs is 1. The minimum Gasteiger partial charge on any atom is -0.396 e. The van der Waals surface area contributed by atoms with Crippen molar-refractivity contribution in [3.05, 3.63) is 76.4 Å². The second kappa shape index (κ2) is 9.97. The van der Waals surface area contributed by atoms with Crippen LogP contribution >= 0.6 is 11.3 Å². The Hall–Kier alpha value is -3.96. The van der Waals surface area contributed by atoms with Gasteiger partial charge >= 0.3 is 0 Å². The van der Waals surface area contributed by atoms with Gasteiger partial charge in [0.05, 0.1) is 28.5 Å². The smallest absolute Gasteiger partial charge is 0.227 e. The molecule has 3 aromatic heterocycles. The third kappa shape index (κ3) is 4.41. The summed E-state index contributed by atoms with van der Waals surface area (Å²) in [6.45, 7) is 3.71. The molecular formula is C28H25F2N5O3S. The molecule has 8 nitrogen and oxygen atoms in total. The number of aliphatic hydroxyl groups excluding tert-OH is 1. The number of piperidine rings is 1. The van der Waals surface area contributed by atoms with Gasteiger partial charge in [0, 0.05) is 42.1 Å². The Morgan fingerprint density at radius 2 is 1.97 bits per heavy atom. The lowest BCUT2D eigenvalue weighted by Crippen LogP contribution is -2.39. The van der Waals surface area contributed by atoms with Crippen LogP contribution in [0.4, 0.5) is 14.5 Å². The predicted molar refractivity (Wildman–Crippen MR) is 143 cm³/mol. The van der Waals surface area contributed by atoms with E-state index in [9.17, 15) is 18.7 Å². The van der Waals surface area contributed by atoms with Crippen LogP contribution in [0.2, 0.25) is 0 Å². The van der Waals surface area contributed by atoms with E-state index in [1.54, 1.807) is 0 Å². The molecular weight excluding hydrogens is 524 g/mol. The number of nitrogens with zero attached hydrogens (tertiary/aromatic N) is 5. The molecule has 200 valence electrons. The number of carbonyl (C=O) groups excluding carboxylic acids is 1. The molecule has 1 fully saturated rings. The summed E-state index contributed by atoms with van der Waals surface area (Å²) in [7, 11) is 0. The van der Waals surface area contributed by atoms with E-state index in [-0.39, 0.29) is 18.2 Å². The van der Waals surface area contributed by atoms with Crippen LogP contribution in [0.5, 0.6) is 0 Å². The lowest BCUT2D eigenvalue weighted by Gasteiger charge is -2.35. The lowest BCUT2D eigenvalue weighted by molar-refractivity contribution is -0.120. The molecule has 2 aromatic carbocycles. The third-order valence-electron chi connectivity index (χ3n) is 7.03. The molecule has 5 aromatic rings. The maximum atomic E-state index is 14.2. The van der Waals surface area contributed by atoms with Crippen molar-refractivity contribution in [3.63, 3.8) is 0 Å². The van der Waals surface area contributed by atoms with Crippen LogP contribution in [0.1, 0.15) is 48.3 Å². The molecule has 0 unspecified atom stereocenters. The molecule has 0 radical (unpaired) electrons. The molecule has 1 saturated heterocycles. The summed E-state index contributed by atoms with van der Waals surface area (Å²) in [6.07, 6.45) is 1.92. The molecule has 0 spiro atoms. The van der Waals surface area contributed by atoms with Gasteiger partial charge in [-0.05, 0) is 56.5 Å². The van der Waals surface area contributed by atoms with Gasteiger partial charge in [-0.2, -0.15) is 0 Å². The van der Waals surface area contributed by atoms with Crippen LogP contribution in [-0.2, 0) is 11.2 Å². The van der Waals surface area contributed by atoms with Crippen molar-refractivity contribution in [1.29, 1.82) is 0 Å². The Labute approximate surface area is 226 Å². The fourth-order valence-corrected chi connectivity index (χ4v) is 6.16. The summed E-state index contributed by atoms with van der Waals surface area (Å²) in [5.74, 6) is -0.910. The average Bonchev–Trinajstić information content (AvgIpc) is 3.62. The zero-order valence-corrected chi connectivity index (χ0v) is 22.1. The van der Waals surface area contributed by atoms with E-state index in [0.717, 1.165) is 40.2 Å². The van der Waals surface area contributed by atoms with Crippen molar-refractivity contribution in [2.75, 3.05) is 11.5 Å². The highest BCUT2D eigenvalue weighted by atomic mass is 32.1. The molecule has 1 aliphatic heterocycles. The number of thiazole rings is 1. The Kier molecular flexibility index (Phi) is 6.48. The van der Waals surface area contributed by atoms with Crippen molar-refractivity contribution < 1.29 is 23.2 Å². The van der Waals surface area contributed by atoms with Gasteiger partial charge in [-0.3, -0.25) is 9.36 Å². The Balaban J connectivity index is 1.55. The summed E-state index contributed by atoms with van der Waals surface area (Å²) in [4.78, 5) is 24.5. The van der Waals surface area contributed by atoms with Crippen molar-refractivity contribution in [2.45, 2.75) is 45.6 Å². The number of aryl methyl sites for hydroxylation is 2. The van der Waals surface area contributed by atoms with Crippen LogP contribution in [0.3, 0.4) is 0 Å². The number of amides is 1. The van der Waals surface area contributed by atoms with Gasteiger partial charge in [-0.15, -0.1) is 11.3 Å². The standard InChI is InChI=1S/C28H25F2N5O3S/c1-15-26(16(2)38-33-15)17-6-9-23-22(12-17)32-27(35(23)28-31-18(10-11-36)14-39-28)24-4-3-5-25(37)34(24)19-7-8-20(29)21(30)13-19/h6-9,12-14,24,36H,3-5,10-11H2,1-2H3/t24-/m0/s1. The first kappa shape index (κ1) is 25.3. The fraction of sp³-hybridized carbons (Fsp3) is 0.286. The molecule has 6 rings (SSSR count). The number of aromatic nitrogens is 4. The number of rotatable bonds is 6. The maximum Gasteiger partial charge on any atom is 0.227 e. The first-order valence-electron chi connectivity index (χ1n) is 12.6. The van der Waals surface area contributed by atoms with Crippen molar-refractivity contribution in [3.8, 4) is 16.3 Å². The highest BCUT2D eigenvalue weighted by Crippen LogP contribution is 2.40. The molecule has 0 bridgehead atoms. The van der Waals surface area contributed by atoms with E-state index < -0.39 is 17.7 Å². The van der Waals surface area contributed by atoms with Gasteiger partial charge in [0.25, 0.3) is 0 Å². The monoisotopic (exact) mass is 549 g/mol. The van der Waals surface area contributed by atoms with E-state index >= 15 is 0 Å². The quantitative estimate of drug-likeness (QED) is 0.287. The highest BCUT2D eigenvalue weighted by molar-refractivity contribution is 7.12. The van der Waals surface area contributed by atoms with Gasteiger partial charge < -0.3 is 14.5 Å². The van der Waals surface area contributed by atoms with E-state index in [4.69, 9.17) is 14.5 Å². The predicted octanol–water partition coefficient (Wildman–Crippen LogP) is 5.83. The van der Waals surface area contributed by atoms with Crippen LogP contribution < -0.4 is 4.90 Å². The van der Waals surface area contributed by atoms with Crippen LogP contribution in [0.25, 0.3) is 27.3 Å². The first-order chi connectivity index (χ1) is 18.9. The Bertz CT molecular complexity index is 1690. The Morgan fingerprint density at radius 3 is 2.72 bits per heavy atom. The molecule has 0 saturated carbocycles. The van der Waals surface area contributed by atoms with E-state index in [0.29, 0.717) is 47.9 Å². The van der Waals surface area contributed by atoms with Crippen molar-refractivity contribution in [1.82, 2.24) is 19.7 Å². The topological polar surface area (TPSA) is 97.3 Å². The van der Waals surface area contributed by atoms with Gasteiger partial charge in [0.2, 0.25) is 5.91 Å². The largest absolute Gasteiger partial charge is 0.396 e. The molecule has 39 heavy (non-hydrogen) atoms. The van der Waals surface area contributed by atoms with Crippen molar-refractivity contribution in [2.24, 2.45) is 0 Å². The molecule has 0 aliphatic carbocycles. The van der Waals surface area contributed by atoms with Crippen LogP contribution in [0.15, 0.2) is 46.3 Å². The highest BCUT2D eigenvalue weighted by Gasteiger charge is 2.35. The Morgan fingerprint density at radius 1 is 1.13 bits per heavy atom. The number of aliphatic hydroxyl groups is 1. The molecule has 4 heterocycles.